The summed E-state index contributed by atoms with van der Waals surface area (Å²) >= 11 is 0. The number of amides is 6. The molecule has 6 amide bonds. The minimum atomic E-state index is -1.31. The quantitative estimate of drug-likeness (QED) is 0.429. The van der Waals surface area contributed by atoms with Crippen LogP contribution in [0.25, 0.3) is 0 Å². The van der Waals surface area contributed by atoms with Crippen molar-refractivity contribution in [3.63, 3.8) is 0 Å². The van der Waals surface area contributed by atoms with Gasteiger partial charge in [0.2, 0.25) is 6.10 Å². The van der Waals surface area contributed by atoms with Crippen LogP contribution in [-0.2, 0) is 19.1 Å². The van der Waals surface area contributed by atoms with Crippen LogP contribution in [0.1, 0.15) is 45.3 Å². The van der Waals surface area contributed by atoms with Crippen molar-refractivity contribution in [2.75, 3.05) is 13.1 Å². The van der Waals surface area contributed by atoms with Crippen molar-refractivity contribution in [1.82, 2.24) is 20.9 Å². The fourth-order valence-electron chi connectivity index (χ4n) is 2.88. The molecule has 0 saturated carbocycles. The summed E-state index contributed by atoms with van der Waals surface area (Å²) in [6.07, 6.45) is -1.25. The van der Waals surface area contributed by atoms with Crippen molar-refractivity contribution in [3.05, 3.63) is 35.9 Å². The molecule has 1 fully saturated rings. The number of nitrogens with zero attached hydrogens (tertiary/aromatic N) is 1. The van der Waals surface area contributed by atoms with Crippen LogP contribution < -0.4 is 16.0 Å². The van der Waals surface area contributed by atoms with Gasteiger partial charge in [0.25, 0.3) is 11.8 Å². The fourth-order valence-corrected chi connectivity index (χ4v) is 2.88. The number of benzene rings is 1. The highest BCUT2D eigenvalue weighted by Crippen LogP contribution is 2.20. The Labute approximate surface area is 174 Å². The van der Waals surface area contributed by atoms with Gasteiger partial charge >= 0.3 is 18.0 Å². The summed E-state index contributed by atoms with van der Waals surface area (Å²) in [5.41, 5.74) is -0.573. The molecular weight excluding hydrogens is 392 g/mol. The summed E-state index contributed by atoms with van der Waals surface area (Å²) in [6, 6.07) is 7.09. The molecule has 1 aliphatic heterocycles. The Morgan fingerprint density at radius 1 is 1.17 bits per heavy atom. The van der Waals surface area contributed by atoms with E-state index < -0.39 is 35.6 Å². The lowest BCUT2D eigenvalue weighted by Crippen LogP contribution is -2.42. The molecule has 0 radical (unpaired) electrons. The van der Waals surface area contributed by atoms with Crippen molar-refractivity contribution in [2.24, 2.45) is 0 Å². The number of ether oxygens (including phenoxy) is 1. The Hall–Kier alpha value is -3.43. The first-order valence-corrected chi connectivity index (χ1v) is 9.63. The molecule has 0 bridgehead atoms. The van der Waals surface area contributed by atoms with E-state index in [1.165, 1.54) is 0 Å². The molecule has 1 aromatic rings. The highest BCUT2D eigenvalue weighted by Gasteiger charge is 2.43. The van der Waals surface area contributed by atoms with Gasteiger partial charge in [-0.25, -0.2) is 9.59 Å². The third-order valence-corrected chi connectivity index (χ3v) is 4.37. The average Bonchev–Trinajstić information content (AvgIpc) is 2.88. The number of rotatable bonds is 8. The minimum absolute atomic E-state index is 0.0459. The average molecular weight is 418 g/mol. The van der Waals surface area contributed by atoms with E-state index in [9.17, 15) is 24.0 Å². The normalized spacial score (nSPS) is 15.9. The Balaban J connectivity index is 1.96. The molecule has 0 aliphatic carbocycles. The number of nitrogens with one attached hydrogen (secondary N) is 3. The van der Waals surface area contributed by atoms with Gasteiger partial charge in [0, 0.05) is 25.1 Å². The van der Waals surface area contributed by atoms with Crippen LogP contribution in [0.4, 0.5) is 9.59 Å². The molecule has 2 rings (SSSR count). The maximum atomic E-state index is 12.4. The number of hydrogen-bond donors (Lipinski definition) is 3. The Bertz CT molecular complexity index is 824. The van der Waals surface area contributed by atoms with Crippen molar-refractivity contribution in [2.45, 2.75) is 45.3 Å². The second-order valence-corrected chi connectivity index (χ2v) is 7.24. The number of carbonyl (C=O) groups excluding carboxylic acids is 5. The van der Waals surface area contributed by atoms with E-state index in [1.807, 2.05) is 0 Å². The van der Waals surface area contributed by atoms with Gasteiger partial charge in [-0.05, 0) is 27.2 Å². The summed E-state index contributed by atoms with van der Waals surface area (Å²) in [6.45, 7) is 5.27. The van der Waals surface area contributed by atoms with E-state index in [4.69, 9.17) is 4.74 Å². The minimum Gasteiger partial charge on any atom is -0.447 e. The topological polar surface area (TPSA) is 134 Å². The molecule has 0 unspecified atom stereocenters. The zero-order valence-electron chi connectivity index (χ0n) is 17.2. The fraction of sp³-hybridized carbons (Fsp3) is 0.450. The van der Waals surface area contributed by atoms with Gasteiger partial charge in [0.15, 0.2) is 0 Å². The summed E-state index contributed by atoms with van der Waals surface area (Å²) < 4.78 is 5.30. The van der Waals surface area contributed by atoms with Crippen LogP contribution in [-0.4, -0.2) is 53.4 Å². The lowest BCUT2D eigenvalue weighted by Gasteiger charge is -2.18. The molecule has 0 aromatic heterocycles. The molecule has 30 heavy (non-hydrogen) atoms. The molecule has 10 heteroatoms. The smallest absolute Gasteiger partial charge is 0.325 e. The number of carbonyl (C=O) groups is 5. The maximum absolute atomic E-state index is 12.4. The second kappa shape index (κ2) is 9.86. The van der Waals surface area contributed by atoms with Gasteiger partial charge in [-0.1, -0.05) is 30.3 Å². The van der Waals surface area contributed by atoms with Gasteiger partial charge in [-0.15, -0.1) is 0 Å². The van der Waals surface area contributed by atoms with Crippen LogP contribution in [0, 0.1) is 0 Å². The molecule has 10 nitrogen and oxygen atoms in total. The molecular formula is C20H26N4O6. The zero-order valence-corrected chi connectivity index (χ0v) is 17.2. The number of imide groups is 2. The van der Waals surface area contributed by atoms with Crippen molar-refractivity contribution < 1.29 is 28.7 Å². The van der Waals surface area contributed by atoms with Gasteiger partial charge in [0.1, 0.15) is 5.54 Å². The molecule has 1 aromatic carbocycles. The van der Waals surface area contributed by atoms with E-state index in [2.05, 4.69) is 16.0 Å². The van der Waals surface area contributed by atoms with Gasteiger partial charge < -0.3 is 15.4 Å². The van der Waals surface area contributed by atoms with E-state index >= 15 is 0 Å². The van der Waals surface area contributed by atoms with Crippen LogP contribution in [0.2, 0.25) is 0 Å². The third kappa shape index (κ3) is 5.79. The monoisotopic (exact) mass is 418 g/mol. The summed E-state index contributed by atoms with van der Waals surface area (Å²) in [5.74, 6) is -1.85. The highest BCUT2D eigenvalue weighted by atomic mass is 16.5. The molecule has 1 heterocycles. The van der Waals surface area contributed by atoms with Crippen LogP contribution in [0.15, 0.2) is 30.3 Å². The van der Waals surface area contributed by atoms with E-state index in [0.29, 0.717) is 12.1 Å². The van der Waals surface area contributed by atoms with E-state index in [1.54, 1.807) is 51.1 Å². The SMILES string of the molecule is CCNC(=O)NC(=O)[C@@H](OC(=O)CCCN1C(=O)NC(C)(C)C1=O)c1ccccc1. The van der Waals surface area contributed by atoms with Crippen molar-refractivity contribution in [1.29, 1.82) is 0 Å². The number of esters is 1. The van der Waals surface area contributed by atoms with Gasteiger partial charge in [-0.3, -0.25) is 24.6 Å². The standard InChI is InChI=1S/C20H26N4O6/c1-4-21-18(28)22-16(26)15(13-9-6-5-7-10-13)30-14(25)11-8-12-24-17(27)20(2,3)23-19(24)29/h5-7,9-10,15H,4,8,11-12H2,1-3H3,(H,23,29)(H2,21,22,26,28)/t15-/m0/s1. The number of urea groups is 2. The van der Waals surface area contributed by atoms with Crippen LogP contribution >= 0.6 is 0 Å². The van der Waals surface area contributed by atoms with E-state index in [-0.39, 0.29) is 25.3 Å². The predicted molar refractivity (Wildman–Crippen MR) is 106 cm³/mol. The molecule has 1 aliphatic rings. The lowest BCUT2D eigenvalue weighted by molar-refractivity contribution is -0.156. The lowest BCUT2D eigenvalue weighted by atomic mass is 10.1. The summed E-state index contributed by atoms with van der Waals surface area (Å²) in [5, 5.41) is 7.12. The van der Waals surface area contributed by atoms with Gasteiger partial charge in [0.05, 0.1) is 0 Å². The summed E-state index contributed by atoms with van der Waals surface area (Å²) in [7, 11) is 0. The van der Waals surface area contributed by atoms with E-state index in [0.717, 1.165) is 4.90 Å². The van der Waals surface area contributed by atoms with Crippen LogP contribution in [0.5, 0.6) is 0 Å². The first kappa shape index (κ1) is 22.9. The Kier molecular flexibility index (Phi) is 7.51. The largest absolute Gasteiger partial charge is 0.447 e. The maximum Gasteiger partial charge on any atom is 0.325 e. The van der Waals surface area contributed by atoms with Gasteiger partial charge in [-0.2, -0.15) is 0 Å². The third-order valence-electron chi connectivity index (χ3n) is 4.37. The first-order valence-electron chi connectivity index (χ1n) is 9.63. The molecule has 0 spiro atoms. The predicted octanol–water partition coefficient (Wildman–Crippen LogP) is 1.23. The summed E-state index contributed by atoms with van der Waals surface area (Å²) in [4.78, 5) is 61.5. The van der Waals surface area contributed by atoms with Crippen LogP contribution in [0.3, 0.4) is 0 Å². The molecule has 1 saturated heterocycles. The molecule has 162 valence electrons. The molecule has 1 atom stereocenters. The highest BCUT2D eigenvalue weighted by molar-refractivity contribution is 6.06. The second-order valence-electron chi connectivity index (χ2n) is 7.24. The zero-order chi connectivity index (χ0) is 22.3. The first-order chi connectivity index (χ1) is 14.2. The number of hydrogen-bond acceptors (Lipinski definition) is 6. The Morgan fingerprint density at radius 2 is 1.83 bits per heavy atom. The van der Waals surface area contributed by atoms with Crippen molar-refractivity contribution >= 4 is 29.8 Å². The van der Waals surface area contributed by atoms with Crippen molar-refractivity contribution in [3.8, 4) is 0 Å². The Morgan fingerprint density at radius 3 is 2.40 bits per heavy atom. The molecule has 3 N–H and O–H groups in total.